The minimum absolute atomic E-state index is 0.0304. The normalized spacial score (nSPS) is 14.1. The first-order valence-electron chi connectivity index (χ1n) is 17.3. The molecular weight excluding hydrogens is 553 g/mol. The number of carbonyl (C=O) groups excluding carboxylic acids is 1. The summed E-state index contributed by atoms with van der Waals surface area (Å²) >= 11 is 0. The van der Waals surface area contributed by atoms with Crippen LogP contribution < -0.4 is 4.89 Å². The second-order valence-corrected chi connectivity index (χ2v) is 14.3. The zero-order valence-electron chi connectivity index (χ0n) is 28.2. The molecule has 0 aromatic carbocycles. The van der Waals surface area contributed by atoms with Crippen molar-refractivity contribution in [3.8, 4) is 0 Å². The van der Waals surface area contributed by atoms with E-state index in [1.54, 1.807) is 0 Å². The maximum Gasteiger partial charge on any atom is 0.306 e. The van der Waals surface area contributed by atoms with E-state index in [1.807, 2.05) is 21.1 Å². The molecule has 9 heteroatoms. The summed E-state index contributed by atoms with van der Waals surface area (Å²) < 4.78 is 34.3. The zero-order chi connectivity index (χ0) is 31.4. The van der Waals surface area contributed by atoms with Crippen molar-refractivity contribution in [3.63, 3.8) is 0 Å². The van der Waals surface area contributed by atoms with Gasteiger partial charge < -0.3 is 27.9 Å². The second kappa shape index (κ2) is 28.0. The van der Waals surface area contributed by atoms with Crippen LogP contribution in [0.5, 0.6) is 0 Å². The maximum absolute atomic E-state index is 12.5. The number of likely N-dealkylation sites (N-methyl/N-ethyl adjacent to an activating group) is 1. The third kappa shape index (κ3) is 30.9. The van der Waals surface area contributed by atoms with E-state index in [2.05, 4.69) is 13.8 Å². The minimum Gasteiger partial charge on any atom is -0.756 e. The van der Waals surface area contributed by atoms with Crippen LogP contribution in [0.15, 0.2) is 0 Å². The van der Waals surface area contributed by atoms with Crippen molar-refractivity contribution in [2.24, 2.45) is 0 Å². The Balaban J connectivity index is 4.33. The van der Waals surface area contributed by atoms with Crippen LogP contribution in [0.25, 0.3) is 0 Å². The van der Waals surface area contributed by atoms with E-state index >= 15 is 0 Å². The van der Waals surface area contributed by atoms with Gasteiger partial charge in [-0.1, -0.05) is 129 Å². The molecule has 0 radical (unpaired) electrons. The SMILES string of the molecule is CCCCCCCCCCCCCOCC(COP(=O)([O-])OCC[N+](C)(C)C)OC(=O)CCCCCCCCCCC. The highest BCUT2D eigenvalue weighted by Gasteiger charge is 2.20. The number of phosphoric acid groups is 1. The molecule has 0 aromatic rings. The Morgan fingerprint density at radius 2 is 1.10 bits per heavy atom. The molecule has 252 valence electrons. The predicted octanol–water partition coefficient (Wildman–Crippen LogP) is 8.35. The molecule has 0 aliphatic heterocycles. The molecule has 0 spiro atoms. The van der Waals surface area contributed by atoms with E-state index in [-0.39, 0.29) is 25.8 Å². The van der Waals surface area contributed by atoms with Crippen LogP contribution >= 0.6 is 7.82 Å². The van der Waals surface area contributed by atoms with Crippen LogP contribution in [-0.4, -0.2) is 70.7 Å². The van der Waals surface area contributed by atoms with Crippen LogP contribution in [0.1, 0.15) is 149 Å². The van der Waals surface area contributed by atoms with Gasteiger partial charge in [0.25, 0.3) is 7.82 Å². The van der Waals surface area contributed by atoms with Gasteiger partial charge in [-0.25, -0.2) is 0 Å². The van der Waals surface area contributed by atoms with E-state index in [0.29, 0.717) is 24.1 Å². The van der Waals surface area contributed by atoms with Gasteiger partial charge in [0.15, 0.2) is 0 Å². The smallest absolute Gasteiger partial charge is 0.306 e. The van der Waals surface area contributed by atoms with Gasteiger partial charge in [-0.2, -0.15) is 0 Å². The lowest BCUT2D eigenvalue weighted by atomic mass is 10.1. The number of hydrogen-bond acceptors (Lipinski definition) is 7. The van der Waals surface area contributed by atoms with Crippen molar-refractivity contribution in [2.75, 3.05) is 54.1 Å². The van der Waals surface area contributed by atoms with Crippen LogP contribution in [0, 0.1) is 0 Å². The predicted molar refractivity (Wildman–Crippen MR) is 171 cm³/mol. The fourth-order valence-electron chi connectivity index (χ4n) is 4.66. The number of phosphoric ester groups is 1. The average molecular weight is 622 g/mol. The zero-order valence-corrected chi connectivity index (χ0v) is 29.1. The van der Waals surface area contributed by atoms with Crippen LogP contribution in [0.3, 0.4) is 0 Å². The number of quaternary nitrogens is 1. The highest BCUT2D eigenvalue weighted by Crippen LogP contribution is 2.38. The van der Waals surface area contributed by atoms with Gasteiger partial charge in [-0.05, 0) is 12.8 Å². The number of esters is 1. The highest BCUT2D eigenvalue weighted by molar-refractivity contribution is 7.45. The molecule has 0 amide bonds. The van der Waals surface area contributed by atoms with E-state index in [0.717, 1.165) is 32.1 Å². The molecule has 0 saturated heterocycles. The molecule has 0 rings (SSSR count). The maximum atomic E-state index is 12.5. The minimum atomic E-state index is -4.50. The fourth-order valence-corrected chi connectivity index (χ4v) is 5.39. The van der Waals surface area contributed by atoms with Crippen molar-refractivity contribution in [1.29, 1.82) is 0 Å². The molecular formula is C33H68NO7P. The Hall–Kier alpha value is -0.500. The van der Waals surface area contributed by atoms with E-state index < -0.39 is 13.9 Å². The number of ether oxygens (including phenoxy) is 2. The molecule has 2 atom stereocenters. The first-order valence-corrected chi connectivity index (χ1v) is 18.7. The average Bonchev–Trinajstić information content (AvgIpc) is 2.92. The van der Waals surface area contributed by atoms with Gasteiger partial charge in [0, 0.05) is 13.0 Å². The Bertz CT molecular complexity index is 657. The molecule has 0 fully saturated rings. The van der Waals surface area contributed by atoms with Crippen LogP contribution in [-0.2, 0) is 27.9 Å². The number of nitrogens with zero attached hydrogens (tertiary/aromatic N) is 1. The lowest BCUT2D eigenvalue weighted by Crippen LogP contribution is -2.37. The summed E-state index contributed by atoms with van der Waals surface area (Å²) in [5, 5.41) is 0. The Morgan fingerprint density at radius 3 is 1.57 bits per heavy atom. The molecule has 42 heavy (non-hydrogen) atoms. The molecule has 0 aliphatic carbocycles. The monoisotopic (exact) mass is 621 g/mol. The number of hydrogen-bond donors (Lipinski definition) is 0. The molecule has 2 unspecified atom stereocenters. The standard InChI is InChI=1S/C33H68NO7P/c1-6-8-10-12-14-16-17-19-21-23-25-28-38-30-32(31-40-42(36,37)39-29-27-34(3,4)5)41-33(35)26-24-22-20-18-15-13-11-9-7-2/h32H,6-31H2,1-5H3. The molecule has 0 heterocycles. The molecule has 0 aliphatic rings. The van der Waals surface area contributed by atoms with Crippen LogP contribution in [0.2, 0.25) is 0 Å². The van der Waals surface area contributed by atoms with E-state index in [1.165, 1.54) is 96.3 Å². The van der Waals surface area contributed by atoms with Crippen molar-refractivity contribution >= 4 is 13.8 Å². The van der Waals surface area contributed by atoms with Crippen molar-refractivity contribution in [1.82, 2.24) is 0 Å². The quantitative estimate of drug-likeness (QED) is 0.0322. The summed E-state index contributed by atoms with van der Waals surface area (Å²) in [6.45, 7) is 5.39. The number of rotatable bonds is 32. The third-order valence-corrected chi connectivity index (χ3v) is 8.37. The lowest BCUT2D eigenvalue weighted by molar-refractivity contribution is -0.870. The molecule has 8 nitrogen and oxygen atoms in total. The Kier molecular flexibility index (Phi) is 27.7. The first-order chi connectivity index (χ1) is 20.1. The van der Waals surface area contributed by atoms with Gasteiger partial charge in [-0.15, -0.1) is 0 Å². The summed E-state index contributed by atoms with van der Waals surface area (Å²) in [5.41, 5.74) is 0. The number of unbranched alkanes of at least 4 members (excludes halogenated alkanes) is 18. The highest BCUT2D eigenvalue weighted by atomic mass is 31.2. The molecule has 0 bridgehead atoms. The van der Waals surface area contributed by atoms with Crippen molar-refractivity contribution < 1.29 is 37.3 Å². The van der Waals surface area contributed by atoms with Crippen molar-refractivity contribution in [3.05, 3.63) is 0 Å². The van der Waals surface area contributed by atoms with Gasteiger partial charge in [0.2, 0.25) is 0 Å². The van der Waals surface area contributed by atoms with E-state index in [9.17, 15) is 14.3 Å². The van der Waals surface area contributed by atoms with Gasteiger partial charge >= 0.3 is 5.97 Å². The van der Waals surface area contributed by atoms with Gasteiger partial charge in [-0.3, -0.25) is 9.36 Å². The van der Waals surface area contributed by atoms with E-state index in [4.69, 9.17) is 18.5 Å². The molecule has 0 aromatic heterocycles. The summed E-state index contributed by atoms with van der Waals surface area (Å²) in [7, 11) is 1.36. The second-order valence-electron chi connectivity index (χ2n) is 12.9. The lowest BCUT2D eigenvalue weighted by Gasteiger charge is -2.28. The molecule has 0 saturated carbocycles. The summed E-state index contributed by atoms with van der Waals surface area (Å²) in [6.07, 6.45) is 23.9. The Morgan fingerprint density at radius 1 is 0.643 bits per heavy atom. The van der Waals surface area contributed by atoms with Crippen molar-refractivity contribution in [2.45, 2.75) is 155 Å². The summed E-state index contributed by atoms with van der Waals surface area (Å²) in [6, 6.07) is 0. The Labute approximate surface area is 259 Å². The molecule has 0 N–H and O–H groups in total. The largest absolute Gasteiger partial charge is 0.756 e. The third-order valence-electron chi connectivity index (χ3n) is 7.41. The first kappa shape index (κ1) is 41.5. The number of carbonyl (C=O) groups is 1. The topological polar surface area (TPSA) is 94.1 Å². The fraction of sp³-hybridized carbons (Fsp3) is 0.970. The van der Waals surface area contributed by atoms with Crippen LogP contribution in [0.4, 0.5) is 0 Å². The van der Waals surface area contributed by atoms with Gasteiger partial charge in [0.1, 0.15) is 19.3 Å². The summed E-state index contributed by atoms with van der Waals surface area (Å²) in [4.78, 5) is 24.7. The van der Waals surface area contributed by atoms with Gasteiger partial charge in [0.05, 0.1) is 34.4 Å². The summed E-state index contributed by atoms with van der Waals surface area (Å²) in [5.74, 6) is -0.337.